The van der Waals surface area contributed by atoms with Gasteiger partial charge in [0.15, 0.2) is 0 Å². The molecule has 0 aliphatic carbocycles. The molecule has 0 saturated carbocycles. The maximum absolute atomic E-state index is 12.6. The molecule has 1 amide bonds. The summed E-state index contributed by atoms with van der Waals surface area (Å²) in [4.78, 5) is 24.7. The van der Waals surface area contributed by atoms with E-state index in [0.29, 0.717) is 13.0 Å². The molecule has 0 radical (unpaired) electrons. The number of rotatable bonds is 7. The number of hydrogen-bond acceptors (Lipinski definition) is 4. The molecule has 1 saturated heterocycles. The van der Waals surface area contributed by atoms with E-state index in [9.17, 15) is 22.8 Å². The summed E-state index contributed by atoms with van der Waals surface area (Å²) in [5, 5.41) is 11.8. The lowest BCUT2D eigenvalue weighted by atomic mass is 10.0. The van der Waals surface area contributed by atoms with E-state index in [-0.39, 0.29) is 43.8 Å². The van der Waals surface area contributed by atoms with E-state index in [4.69, 9.17) is 9.84 Å². The second-order valence-electron chi connectivity index (χ2n) is 6.04. The summed E-state index contributed by atoms with van der Waals surface area (Å²) in [7, 11) is 0. The summed E-state index contributed by atoms with van der Waals surface area (Å²) in [5.41, 5.74) is -0.802. The Morgan fingerprint density at radius 3 is 2.70 bits per heavy atom. The third-order valence-electron chi connectivity index (χ3n) is 4.10. The predicted octanol–water partition coefficient (Wildman–Crippen LogP) is 2.56. The number of piperidine rings is 1. The summed E-state index contributed by atoms with van der Waals surface area (Å²) in [5.74, 6) is -1.22. The van der Waals surface area contributed by atoms with Gasteiger partial charge >= 0.3 is 12.1 Å². The number of aliphatic carboxylic acids is 1. The summed E-state index contributed by atoms with van der Waals surface area (Å²) in [6, 6.07) is 3.84. The first-order valence-corrected chi connectivity index (χ1v) is 8.31. The Bertz CT molecular complexity index is 643. The van der Waals surface area contributed by atoms with Crippen molar-refractivity contribution >= 4 is 24.3 Å². The zero-order chi connectivity index (χ0) is 19.2. The van der Waals surface area contributed by atoms with E-state index in [0.717, 1.165) is 25.0 Å². The number of alkyl halides is 3. The van der Waals surface area contributed by atoms with Crippen LogP contribution >= 0.6 is 12.4 Å². The quantitative estimate of drug-likeness (QED) is 0.675. The van der Waals surface area contributed by atoms with Crippen molar-refractivity contribution < 1.29 is 32.6 Å². The highest BCUT2D eigenvalue weighted by Crippen LogP contribution is 2.31. The fourth-order valence-electron chi connectivity index (χ4n) is 2.82. The maximum atomic E-state index is 12.6. The Kier molecular flexibility index (Phi) is 8.84. The number of nitrogens with one attached hydrogen (secondary N) is 1. The summed E-state index contributed by atoms with van der Waals surface area (Å²) in [6.45, 7) is 0.641. The van der Waals surface area contributed by atoms with E-state index in [1.807, 2.05) is 0 Å². The van der Waals surface area contributed by atoms with Crippen LogP contribution in [-0.2, 0) is 15.8 Å². The van der Waals surface area contributed by atoms with Crippen molar-refractivity contribution in [3.05, 3.63) is 29.8 Å². The highest BCUT2D eigenvalue weighted by atomic mass is 35.5. The van der Waals surface area contributed by atoms with E-state index in [1.165, 1.54) is 12.1 Å². The molecule has 0 bridgehead atoms. The van der Waals surface area contributed by atoms with Gasteiger partial charge in [-0.3, -0.25) is 14.5 Å². The lowest BCUT2D eigenvalue weighted by Gasteiger charge is -2.32. The molecular weight excluding hydrogens is 389 g/mol. The van der Waals surface area contributed by atoms with Crippen molar-refractivity contribution in [1.29, 1.82) is 0 Å². The lowest BCUT2D eigenvalue weighted by Crippen LogP contribution is -2.49. The van der Waals surface area contributed by atoms with Gasteiger partial charge in [0, 0.05) is 0 Å². The first kappa shape index (κ1) is 23.0. The van der Waals surface area contributed by atoms with Gasteiger partial charge in [0.05, 0.1) is 18.7 Å². The van der Waals surface area contributed by atoms with Crippen LogP contribution in [0, 0.1) is 0 Å². The van der Waals surface area contributed by atoms with Crippen molar-refractivity contribution in [3.8, 4) is 5.75 Å². The smallest absolute Gasteiger partial charge is 0.416 e. The number of nitrogens with zero attached hydrogens (tertiary/aromatic N) is 1. The molecule has 1 aromatic carbocycles. The van der Waals surface area contributed by atoms with Crippen LogP contribution in [0.15, 0.2) is 24.3 Å². The SMILES string of the molecule is Cl.O=C(CN1CCCCC1C(=O)O)NCCOc1cccc(C(F)(F)F)c1. The number of hydrogen-bond donors (Lipinski definition) is 2. The lowest BCUT2D eigenvalue weighted by molar-refractivity contribution is -0.145. The van der Waals surface area contributed by atoms with Gasteiger partial charge in [-0.15, -0.1) is 12.4 Å². The Morgan fingerprint density at radius 1 is 1.30 bits per heavy atom. The number of halogens is 4. The Morgan fingerprint density at radius 2 is 2.04 bits per heavy atom. The van der Waals surface area contributed by atoms with Gasteiger partial charge in [0.25, 0.3) is 0 Å². The molecule has 1 heterocycles. The van der Waals surface area contributed by atoms with Crippen LogP contribution < -0.4 is 10.1 Å². The third-order valence-corrected chi connectivity index (χ3v) is 4.10. The van der Waals surface area contributed by atoms with Gasteiger partial charge in [-0.2, -0.15) is 13.2 Å². The van der Waals surface area contributed by atoms with E-state index in [2.05, 4.69) is 5.32 Å². The van der Waals surface area contributed by atoms with Gasteiger partial charge in [0.2, 0.25) is 5.91 Å². The number of likely N-dealkylation sites (tertiary alicyclic amines) is 1. The van der Waals surface area contributed by atoms with Crippen molar-refractivity contribution in [2.24, 2.45) is 0 Å². The van der Waals surface area contributed by atoms with Crippen LogP contribution in [0.25, 0.3) is 0 Å². The average Bonchev–Trinajstić information content (AvgIpc) is 2.58. The number of benzene rings is 1. The number of ether oxygens (including phenoxy) is 1. The molecule has 6 nitrogen and oxygen atoms in total. The predicted molar refractivity (Wildman–Crippen MR) is 94.0 cm³/mol. The molecule has 1 aliphatic rings. The van der Waals surface area contributed by atoms with Gasteiger partial charge < -0.3 is 15.2 Å². The van der Waals surface area contributed by atoms with Gasteiger partial charge in [-0.25, -0.2) is 0 Å². The summed E-state index contributed by atoms with van der Waals surface area (Å²) < 4.78 is 43.1. The van der Waals surface area contributed by atoms with Crippen molar-refractivity contribution in [1.82, 2.24) is 10.2 Å². The van der Waals surface area contributed by atoms with E-state index < -0.39 is 23.8 Å². The maximum Gasteiger partial charge on any atom is 0.416 e. The summed E-state index contributed by atoms with van der Waals surface area (Å²) >= 11 is 0. The van der Waals surface area contributed by atoms with Gasteiger partial charge in [-0.1, -0.05) is 12.5 Å². The molecule has 152 valence electrons. The average molecular weight is 411 g/mol. The molecule has 1 aromatic rings. The van der Waals surface area contributed by atoms with Crippen LogP contribution in [0.1, 0.15) is 24.8 Å². The number of carbonyl (C=O) groups is 2. The first-order valence-electron chi connectivity index (χ1n) is 8.31. The molecular formula is C17H22ClF3N2O4. The van der Waals surface area contributed by atoms with E-state index >= 15 is 0 Å². The highest BCUT2D eigenvalue weighted by molar-refractivity contribution is 5.85. The molecule has 0 spiro atoms. The van der Waals surface area contributed by atoms with Crippen molar-refractivity contribution in [2.45, 2.75) is 31.5 Å². The number of carboxylic acids is 1. The standard InChI is InChI=1S/C17H21F3N2O4.ClH/c18-17(19,20)12-4-3-5-13(10-12)26-9-7-21-15(23)11-22-8-2-1-6-14(22)16(24)25;/h3-5,10,14H,1-2,6-9,11H2,(H,21,23)(H,24,25);1H. The molecule has 1 atom stereocenters. The molecule has 1 fully saturated rings. The second-order valence-corrected chi connectivity index (χ2v) is 6.04. The van der Waals surface area contributed by atoms with Crippen LogP contribution in [0.3, 0.4) is 0 Å². The van der Waals surface area contributed by atoms with Crippen LogP contribution in [0.4, 0.5) is 13.2 Å². The Balaban J connectivity index is 0.00000364. The minimum atomic E-state index is -4.44. The van der Waals surface area contributed by atoms with Crippen molar-refractivity contribution in [2.75, 3.05) is 26.2 Å². The highest BCUT2D eigenvalue weighted by Gasteiger charge is 2.31. The number of carbonyl (C=O) groups excluding carboxylic acids is 1. The molecule has 1 aliphatic heterocycles. The topological polar surface area (TPSA) is 78.9 Å². The third kappa shape index (κ3) is 7.26. The molecule has 2 rings (SSSR count). The number of carboxylic acid groups (broad SMARTS) is 1. The van der Waals surface area contributed by atoms with Gasteiger partial charge in [-0.05, 0) is 37.6 Å². The molecule has 10 heteroatoms. The summed E-state index contributed by atoms with van der Waals surface area (Å²) in [6.07, 6.45) is -2.26. The molecule has 0 aromatic heterocycles. The minimum Gasteiger partial charge on any atom is -0.492 e. The molecule has 1 unspecified atom stereocenters. The second kappa shape index (κ2) is 10.4. The fraction of sp³-hybridized carbons (Fsp3) is 0.529. The van der Waals surface area contributed by atoms with E-state index in [1.54, 1.807) is 4.90 Å². The number of amides is 1. The normalized spacial score (nSPS) is 17.7. The molecule has 2 N–H and O–H groups in total. The van der Waals surface area contributed by atoms with Crippen molar-refractivity contribution in [3.63, 3.8) is 0 Å². The zero-order valence-corrected chi connectivity index (χ0v) is 15.3. The largest absolute Gasteiger partial charge is 0.492 e. The minimum absolute atomic E-state index is 0. The Hall–Kier alpha value is -2.00. The monoisotopic (exact) mass is 410 g/mol. The van der Waals surface area contributed by atoms with Crippen LogP contribution in [-0.4, -0.2) is 54.2 Å². The molecule has 27 heavy (non-hydrogen) atoms. The first-order chi connectivity index (χ1) is 12.3. The van der Waals surface area contributed by atoms with Crippen LogP contribution in [0.2, 0.25) is 0 Å². The van der Waals surface area contributed by atoms with Crippen LogP contribution in [0.5, 0.6) is 5.75 Å². The Labute approximate surface area is 161 Å². The fourth-order valence-corrected chi connectivity index (χ4v) is 2.82. The van der Waals surface area contributed by atoms with Gasteiger partial charge in [0.1, 0.15) is 18.4 Å². The zero-order valence-electron chi connectivity index (χ0n) is 14.5.